The maximum Gasteiger partial charge on any atom is 0.270 e. The second-order valence-corrected chi connectivity index (χ2v) is 9.06. The lowest BCUT2D eigenvalue weighted by Crippen LogP contribution is -2.42. The van der Waals surface area contributed by atoms with Crippen LogP contribution in [0.25, 0.3) is 0 Å². The predicted octanol–water partition coefficient (Wildman–Crippen LogP) is 4.93. The molecule has 23 heavy (non-hydrogen) atoms. The van der Waals surface area contributed by atoms with Gasteiger partial charge in [0.2, 0.25) is 0 Å². The lowest BCUT2D eigenvalue weighted by molar-refractivity contribution is 0.259. The largest absolute Gasteiger partial charge is 0.285 e. The van der Waals surface area contributed by atoms with Crippen LogP contribution in [0.4, 0.5) is 0 Å². The minimum absolute atomic E-state index is 0.527. The van der Waals surface area contributed by atoms with Crippen molar-refractivity contribution in [3.05, 3.63) is 35.4 Å². The Morgan fingerprint density at radius 1 is 1.13 bits per heavy atom. The lowest BCUT2D eigenvalue weighted by atomic mass is 9.77. The molecule has 3 nitrogen and oxygen atoms in total. The molecule has 0 bridgehead atoms. The average Bonchev–Trinajstić information content (AvgIpc) is 2.50. The van der Waals surface area contributed by atoms with E-state index in [1.807, 2.05) is 0 Å². The smallest absolute Gasteiger partial charge is 0.270 e. The minimum Gasteiger partial charge on any atom is -0.285 e. The first kappa shape index (κ1) is 18.5. The molecule has 1 aliphatic rings. The maximum atomic E-state index is 12.0. The Morgan fingerprint density at radius 3 is 2.26 bits per heavy atom. The lowest BCUT2D eigenvalue weighted by Gasteiger charge is -2.37. The summed E-state index contributed by atoms with van der Waals surface area (Å²) in [7, 11) is -3.97. The van der Waals surface area contributed by atoms with Crippen molar-refractivity contribution >= 4 is 10.1 Å². The monoisotopic (exact) mass is 338 g/mol. The van der Waals surface area contributed by atoms with E-state index in [0.717, 1.165) is 38.5 Å². The molecule has 130 valence electrons. The first-order valence-corrected chi connectivity index (χ1v) is 10.3. The Hall–Kier alpha value is -0.870. The molecule has 0 radical (unpaired) electrons. The molecule has 0 aliphatic heterocycles. The first-order chi connectivity index (χ1) is 10.9. The topological polar surface area (TPSA) is 54.4 Å². The maximum absolute atomic E-state index is 12.0. The zero-order valence-electron chi connectivity index (χ0n) is 14.4. The molecule has 0 unspecified atom stereocenters. The fourth-order valence-corrected chi connectivity index (χ4v) is 4.95. The third-order valence-corrected chi connectivity index (χ3v) is 7.15. The van der Waals surface area contributed by atoms with Gasteiger partial charge in [0.25, 0.3) is 10.1 Å². The van der Waals surface area contributed by atoms with Crippen LogP contribution in [0.5, 0.6) is 0 Å². The standard InChI is InChI=1S/C19H30O3S/c1-3-4-5-12-19(23(20,21)22)13-10-18(11-14-19)15-17-8-6-16(2)7-9-17/h6-9,18H,3-5,10-15H2,1-2H3,(H,20,21,22). The SMILES string of the molecule is CCCCCC1(S(=O)(=O)O)CCC(Cc2ccc(C)cc2)CC1. The third-order valence-electron chi connectivity index (χ3n) is 5.44. The van der Waals surface area contributed by atoms with Crippen molar-refractivity contribution in [3.63, 3.8) is 0 Å². The second kappa shape index (κ2) is 7.80. The summed E-state index contributed by atoms with van der Waals surface area (Å²) in [6.45, 7) is 4.19. The van der Waals surface area contributed by atoms with Gasteiger partial charge in [0, 0.05) is 0 Å². The minimum atomic E-state index is -3.97. The van der Waals surface area contributed by atoms with Gasteiger partial charge in [-0.1, -0.05) is 56.0 Å². The molecule has 1 N–H and O–H groups in total. The zero-order chi connectivity index (χ0) is 16.9. The highest BCUT2D eigenvalue weighted by molar-refractivity contribution is 7.87. The van der Waals surface area contributed by atoms with Gasteiger partial charge in [-0.25, -0.2) is 0 Å². The molecule has 0 spiro atoms. The third kappa shape index (κ3) is 4.80. The number of hydrogen-bond acceptors (Lipinski definition) is 2. The van der Waals surface area contributed by atoms with Gasteiger partial charge in [0.05, 0.1) is 4.75 Å². The summed E-state index contributed by atoms with van der Waals surface area (Å²) in [5.74, 6) is 0.527. The van der Waals surface area contributed by atoms with Crippen LogP contribution < -0.4 is 0 Å². The van der Waals surface area contributed by atoms with Crippen LogP contribution in [0.15, 0.2) is 24.3 Å². The van der Waals surface area contributed by atoms with Crippen molar-refractivity contribution in [3.8, 4) is 0 Å². The van der Waals surface area contributed by atoms with Gasteiger partial charge in [0.1, 0.15) is 0 Å². The summed E-state index contributed by atoms with van der Waals surface area (Å²) in [5.41, 5.74) is 2.59. The van der Waals surface area contributed by atoms with E-state index in [9.17, 15) is 13.0 Å². The van der Waals surface area contributed by atoms with Crippen LogP contribution in [0.1, 0.15) is 69.4 Å². The Labute approximate surface area is 141 Å². The molecule has 0 heterocycles. The van der Waals surface area contributed by atoms with E-state index in [0.29, 0.717) is 25.2 Å². The summed E-state index contributed by atoms with van der Waals surface area (Å²) < 4.78 is 32.8. The van der Waals surface area contributed by atoms with Gasteiger partial charge in [-0.2, -0.15) is 8.42 Å². The molecule has 1 aromatic carbocycles. The first-order valence-electron chi connectivity index (χ1n) is 8.89. The van der Waals surface area contributed by atoms with Crippen LogP contribution in [0, 0.1) is 12.8 Å². The number of aryl methyl sites for hydroxylation is 1. The summed E-state index contributed by atoms with van der Waals surface area (Å²) in [6, 6.07) is 8.60. The number of benzene rings is 1. The van der Waals surface area contributed by atoms with E-state index in [2.05, 4.69) is 38.1 Å². The Bertz CT molecular complexity index is 582. The van der Waals surface area contributed by atoms with E-state index < -0.39 is 14.9 Å². The summed E-state index contributed by atoms with van der Waals surface area (Å²) in [6.07, 6.45) is 7.59. The van der Waals surface area contributed by atoms with Crippen molar-refractivity contribution < 1.29 is 13.0 Å². The van der Waals surface area contributed by atoms with Crippen LogP contribution >= 0.6 is 0 Å². The Balaban J connectivity index is 1.97. The fraction of sp³-hybridized carbons (Fsp3) is 0.684. The van der Waals surface area contributed by atoms with Gasteiger partial charge in [-0.15, -0.1) is 0 Å². The van der Waals surface area contributed by atoms with Crippen molar-refractivity contribution in [2.24, 2.45) is 5.92 Å². The van der Waals surface area contributed by atoms with Crippen molar-refractivity contribution in [2.45, 2.75) is 76.4 Å². The van der Waals surface area contributed by atoms with E-state index in [1.165, 1.54) is 11.1 Å². The summed E-state index contributed by atoms with van der Waals surface area (Å²) in [5, 5.41) is 0. The molecule has 0 saturated heterocycles. The van der Waals surface area contributed by atoms with Crippen molar-refractivity contribution in [2.75, 3.05) is 0 Å². The summed E-state index contributed by atoms with van der Waals surface area (Å²) >= 11 is 0. The molecule has 1 fully saturated rings. The fourth-order valence-electron chi connectivity index (χ4n) is 3.80. The zero-order valence-corrected chi connectivity index (χ0v) is 15.2. The molecule has 0 aromatic heterocycles. The van der Waals surface area contributed by atoms with E-state index in [4.69, 9.17) is 0 Å². The summed E-state index contributed by atoms with van der Waals surface area (Å²) in [4.78, 5) is 0. The van der Waals surface area contributed by atoms with Gasteiger partial charge in [-0.05, 0) is 56.9 Å². The van der Waals surface area contributed by atoms with E-state index in [1.54, 1.807) is 0 Å². The average molecular weight is 339 g/mol. The highest BCUT2D eigenvalue weighted by atomic mass is 32.2. The number of hydrogen-bond donors (Lipinski definition) is 1. The highest BCUT2D eigenvalue weighted by Crippen LogP contribution is 2.42. The number of rotatable bonds is 7. The molecule has 1 aromatic rings. The quantitative estimate of drug-likeness (QED) is 0.566. The Morgan fingerprint density at radius 2 is 1.74 bits per heavy atom. The Kier molecular flexibility index (Phi) is 6.26. The van der Waals surface area contributed by atoms with Crippen LogP contribution in [0.2, 0.25) is 0 Å². The van der Waals surface area contributed by atoms with Gasteiger partial charge in [-0.3, -0.25) is 4.55 Å². The molecule has 0 amide bonds. The normalized spacial score (nSPS) is 25.4. The van der Waals surface area contributed by atoms with Crippen LogP contribution in [0.3, 0.4) is 0 Å². The van der Waals surface area contributed by atoms with Crippen LogP contribution in [-0.4, -0.2) is 17.7 Å². The molecule has 1 saturated carbocycles. The van der Waals surface area contributed by atoms with Gasteiger partial charge < -0.3 is 0 Å². The number of unbranched alkanes of at least 4 members (excludes halogenated alkanes) is 2. The molecular formula is C19H30O3S. The highest BCUT2D eigenvalue weighted by Gasteiger charge is 2.44. The molecule has 2 rings (SSSR count). The molecular weight excluding hydrogens is 308 g/mol. The molecule has 1 aliphatic carbocycles. The molecule has 4 heteroatoms. The van der Waals surface area contributed by atoms with Crippen molar-refractivity contribution in [1.82, 2.24) is 0 Å². The van der Waals surface area contributed by atoms with E-state index in [-0.39, 0.29) is 0 Å². The van der Waals surface area contributed by atoms with E-state index >= 15 is 0 Å². The molecule has 0 atom stereocenters. The van der Waals surface area contributed by atoms with Gasteiger partial charge >= 0.3 is 0 Å². The van der Waals surface area contributed by atoms with Crippen LogP contribution in [-0.2, 0) is 16.5 Å². The second-order valence-electron chi connectivity index (χ2n) is 7.25. The predicted molar refractivity (Wildman–Crippen MR) is 95.3 cm³/mol. The van der Waals surface area contributed by atoms with Crippen molar-refractivity contribution in [1.29, 1.82) is 0 Å². The van der Waals surface area contributed by atoms with Gasteiger partial charge in [0.15, 0.2) is 0 Å².